The summed E-state index contributed by atoms with van der Waals surface area (Å²) in [7, 11) is 0. The number of para-hydroxylation sites is 3. The van der Waals surface area contributed by atoms with Crippen LogP contribution in [-0.4, -0.2) is 4.57 Å². The minimum absolute atomic E-state index is 0.111. The van der Waals surface area contributed by atoms with Crippen molar-refractivity contribution in [3.05, 3.63) is 205 Å². The Kier molecular flexibility index (Phi) is 7.99. The number of rotatable bonds is 8. The molecule has 2 heteroatoms. The van der Waals surface area contributed by atoms with E-state index in [-0.39, 0.29) is 5.41 Å². The first-order chi connectivity index (χ1) is 27.2. The second kappa shape index (κ2) is 13.3. The summed E-state index contributed by atoms with van der Waals surface area (Å²) in [6.45, 7) is 4.73. The van der Waals surface area contributed by atoms with Gasteiger partial charge in [0.15, 0.2) is 0 Å². The Bertz CT molecular complexity index is 2770. The Labute approximate surface area is 323 Å². The molecule has 10 rings (SSSR count). The summed E-state index contributed by atoms with van der Waals surface area (Å²) in [5.41, 5.74) is 17.4. The van der Waals surface area contributed by atoms with Crippen LogP contribution < -0.4 is 4.90 Å². The average molecular weight is 707 g/mol. The summed E-state index contributed by atoms with van der Waals surface area (Å²) in [5, 5.41) is 2.58. The second-order valence-corrected chi connectivity index (χ2v) is 14.8. The number of anilines is 3. The number of benzene rings is 8. The molecule has 0 aliphatic heterocycles. The molecule has 1 aliphatic rings. The molecule has 0 radical (unpaired) electrons. The summed E-state index contributed by atoms with van der Waals surface area (Å²) < 4.78 is 2.45. The molecule has 2 nitrogen and oxygen atoms in total. The Morgan fingerprint density at radius 2 is 0.891 bits per heavy atom. The molecule has 1 aliphatic carbocycles. The highest BCUT2D eigenvalue weighted by atomic mass is 15.1. The number of hydrogen-bond donors (Lipinski definition) is 0. The molecule has 0 saturated carbocycles. The molecule has 0 spiro atoms. The SMILES string of the molecule is CCC1(CC)c2cc(N(c3ccccc3)c3cccc(-c4ccc(-c5ccccc5)cc4)c3)ccc2-c2ccc(-n3c4ccccc4c4ccccc43)cc21. The van der Waals surface area contributed by atoms with E-state index in [1.54, 1.807) is 0 Å². The third-order valence-corrected chi connectivity index (χ3v) is 12.1. The fourth-order valence-electron chi connectivity index (χ4n) is 9.30. The van der Waals surface area contributed by atoms with Gasteiger partial charge in [0.1, 0.15) is 0 Å². The van der Waals surface area contributed by atoms with Crippen LogP contribution in [0.15, 0.2) is 194 Å². The van der Waals surface area contributed by atoms with Crippen molar-refractivity contribution < 1.29 is 0 Å². The zero-order valence-electron chi connectivity index (χ0n) is 31.3. The van der Waals surface area contributed by atoms with Crippen LogP contribution in [0.25, 0.3) is 60.9 Å². The largest absolute Gasteiger partial charge is 0.310 e. The molecule has 1 aromatic heterocycles. The van der Waals surface area contributed by atoms with E-state index in [1.807, 2.05) is 0 Å². The fraction of sp³-hybridized carbons (Fsp3) is 0.0943. The van der Waals surface area contributed by atoms with Crippen molar-refractivity contribution in [2.45, 2.75) is 32.1 Å². The molecule has 8 aromatic carbocycles. The minimum Gasteiger partial charge on any atom is -0.310 e. The Morgan fingerprint density at radius 1 is 0.400 bits per heavy atom. The molecule has 0 amide bonds. The normalized spacial score (nSPS) is 12.8. The molecule has 0 atom stereocenters. The third-order valence-electron chi connectivity index (χ3n) is 12.1. The maximum absolute atomic E-state index is 2.49. The Morgan fingerprint density at radius 3 is 1.55 bits per heavy atom. The first-order valence-electron chi connectivity index (χ1n) is 19.6. The van der Waals surface area contributed by atoms with Crippen molar-refractivity contribution in [2.24, 2.45) is 0 Å². The van der Waals surface area contributed by atoms with Gasteiger partial charge in [0.05, 0.1) is 11.0 Å². The third kappa shape index (κ3) is 5.32. The van der Waals surface area contributed by atoms with Gasteiger partial charge in [0.2, 0.25) is 0 Å². The van der Waals surface area contributed by atoms with Gasteiger partial charge in [-0.05, 0) is 118 Å². The van der Waals surface area contributed by atoms with E-state index in [2.05, 4.69) is 217 Å². The molecule has 1 heterocycles. The number of hydrogen-bond acceptors (Lipinski definition) is 1. The lowest BCUT2D eigenvalue weighted by molar-refractivity contribution is 0.490. The van der Waals surface area contributed by atoms with Gasteiger partial charge in [-0.2, -0.15) is 0 Å². The highest BCUT2D eigenvalue weighted by Gasteiger charge is 2.41. The van der Waals surface area contributed by atoms with E-state index in [1.165, 1.54) is 77.7 Å². The van der Waals surface area contributed by atoms with Crippen molar-refractivity contribution in [3.63, 3.8) is 0 Å². The lowest BCUT2D eigenvalue weighted by Crippen LogP contribution is -2.23. The monoisotopic (exact) mass is 706 g/mol. The van der Waals surface area contributed by atoms with E-state index < -0.39 is 0 Å². The quantitative estimate of drug-likeness (QED) is 0.153. The number of nitrogens with zero attached hydrogens (tertiary/aromatic N) is 2. The number of fused-ring (bicyclic) bond motifs is 6. The second-order valence-electron chi connectivity index (χ2n) is 14.8. The van der Waals surface area contributed by atoms with E-state index in [0.29, 0.717) is 0 Å². The molecule has 0 saturated heterocycles. The van der Waals surface area contributed by atoms with Crippen molar-refractivity contribution in [1.29, 1.82) is 0 Å². The summed E-state index contributed by atoms with van der Waals surface area (Å²) in [5.74, 6) is 0. The molecule has 0 unspecified atom stereocenters. The fourth-order valence-corrected chi connectivity index (χ4v) is 9.30. The highest BCUT2D eigenvalue weighted by Crippen LogP contribution is 2.55. The molecule has 55 heavy (non-hydrogen) atoms. The summed E-state index contributed by atoms with van der Waals surface area (Å²) in [4.78, 5) is 2.42. The zero-order chi connectivity index (χ0) is 36.9. The van der Waals surface area contributed by atoms with Gasteiger partial charge >= 0.3 is 0 Å². The number of aromatic nitrogens is 1. The molecule has 9 aromatic rings. The lowest BCUT2D eigenvalue weighted by atomic mass is 9.73. The molecule has 264 valence electrons. The summed E-state index contributed by atoms with van der Waals surface area (Å²) in [6.07, 6.45) is 2.03. The van der Waals surface area contributed by atoms with E-state index in [9.17, 15) is 0 Å². The van der Waals surface area contributed by atoms with Crippen LogP contribution in [0.5, 0.6) is 0 Å². The van der Waals surface area contributed by atoms with E-state index in [0.717, 1.165) is 24.2 Å². The lowest BCUT2D eigenvalue weighted by Gasteiger charge is -2.32. The van der Waals surface area contributed by atoms with Crippen LogP contribution in [0.1, 0.15) is 37.8 Å². The molecular formula is C53H42N2. The highest BCUT2D eigenvalue weighted by molar-refractivity contribution is 6.09. The van der Waals surface area contributed by atoms with Gasteiger partial charge in [-0.1, -0.05) is 147 Å². The van der Waals surface area contributed by atoms with Crippen LogP contribution in [0.2, 0.25) is 0 Å². The van der Waals surface area contributed by atoms with Crippen LogP contribution in [0.3, 0.4) is 0 Å². The molecular weight excluding hydrogens is 665 g/mol. The molecule has 0 bridgehead atoms. The van der Waals surface area contributed by atoms with E-state index in [4.69, 9.17) is 0 Å². The predicted molar refractivity (Wildman–Crippen MR) is 233 cm³/mol. The summed E-state index contributed by atoms with van der Waals surface area (Å²) in [6, 6.07) is 71.3. The van der Waals surface area contributed by atoms with Gasteiger partial charge in [-0.25, -0.2) is 0 Å². The molecule has 0 N–H and O–H groups in total. The van der Waals surface area contributed by atoms with Crippen LogP contribution in [-0.2, 0) is 5.41 Å². The van der Waals surface area contributed by atoms with Crippen molar-refractivity contribution in [1.82, 2.24) is 4.57 Å². The topological polar surface area (TPSA) is 8.17 Å². The zero-order valence-corrected chi connectivity index (χ0v) is 31.3. The predicted octanol–water partition coefficient (Wildman–Crippen LogP) is 14.7. The standard InChI is InChI=1S/C53H42N2/c1-3-53(4-2)49-35-43(30-32-45(49)46-33-31-44(36-50(46)53)55-51-24-13-11-22-47(51)48-23-12-14-25-52(48)55)54(41-19-9-6-10-20-41)42-21-15-18-40(34-42)39-28-26-38(27-29-39)37-16-7-5-8-17-37/h5-36H,3-4H2,1-2H3. The first kappa shape index (κ1) is 33.0. The Hall–Kier alpha value is -6.64. The van der Waals surface area contributed by atoms with Crippen LogP contribution >= 0.6 is 0 Å². The summed E-state index contributed by atoms with van der Waals surface area (Å²) >= 11 is 0. The average Bonchev–Trinajstić information content (AvgIpc) is 3.74. The maximum Gasteiger partial charge on any atom is 0.0541 e. The van der Waals surface area contributed by atoms with Crippen molar-refractivity contribution in [3.8, 4) is 39.1 Å². The maximum atomic E-state index is 2.49. The van der Waals surface area contributed by atoms with Gasteiger partial charge in [-0.15, -0.1) is 0 Å². The minimum atomic E-state index is -0.111. The van der Waals surface area contributed by atoms with Crippen LogP contribution in [0.4, 0.5) is 17.1 Å². The van der Waals surface area contributed by atoms with E-state index >= 15 is 0 Å². The van der Waals surface area contributed by atoms with Crippen LogP contribution in [0, 0.1) is 0 Å². The first-order valence-corrected chi connectivity index (χ1v) is 19.6. The smallest absolute Gasteiger partial charge is 0.0541 e. The van der Waals surface area contributed by atoms with Crippen molar-refractivity contribution in [2.75, 3.05) is 4.90 Å². The van der Waals surface area contributed by atoms with Crippen molar-refractivity contribution >= 4 is 38.9 Å². The van der Waals surface area contributed by atoms with Gasteiger partial charge in [-0.3, -0.25) is 0 Å². The molecule has 0 fully saturated rings. The Balaban J connectivity index is 1.08. The van der Waals surface area contributed by atoms with Gasteiger partial charge < -0.3 is 9.47 Å². The van der Waals surface area contributed by atoms with Gasteiger partial charge in [0, 0.05) is 38.9 Å². The van der Waals surface area contributed by atoms with Gasteiger partial charge in [0.25, 0.3) is 0 Å².